The number of hydrogen-bond acceptors (Lipinski definition) is 5. The first-order chi connectivity index (χ1) is 8.38. The van der Waals surface area contributed by atoms with Crippen LogP contribution in [0.25, 0.3) is 0 Å². The Hall–Kier alpha value is -1.18. The molecule has 0 spiro atoms. The van der Waals surface area contributed by atoms with Gasteiger partial charge in [0.1, 0.15) is 0 Å². The molecule has 1 unspecified atom stereocenters. The normalized spacial score (nSPS) is 12.3. The lowest BCUT2D eigenvalue weighted by molar-refractivity contribution is -0.385. The number of aliphatic hydroxyl groups is 2. The van der Waals surface area contributed by atoms with Crippen molar-refractivity contribution in [2.24, 2.45) is 0 Å². The highest BCUT2D eigenvalue weighted by Gasteiger charge is 2.18. The summed E-state index contributed by atoms with van der Waals surface area (Å²) >= 11 is 3.26. The van der Waals surface area contributed by atoms with Gasteiger partial charge in [-0.15, -0.1) is 0 Å². The van der Waals surface area contributed by atoms with Gasteiger partial charge in [0.15, 0.2) is 0 Å². The zero-order valence-corrected chi connectivity index (χ0v) is 11.7. The minimum atomic E-state index is -0.869. The second-order valence-corrected chi connectivity index (χ2v) is 4.83. The van der Waals surface area contributed by atoms with Crippen LogP contribution in [0.1, 0.15) is 11.1 Å². The van der Waals surface area contributed by atoms with Gasteiger partial charge in [-0.1, -0.05) is 0 Å². The number of benzene rings is 1. The molecule has 1 atom stereocenters. The summed E-state index contributed by atoms with van der Waals surface area (Å²) in [6.45, 7) is 3.27. The summed E-state index contributed by atoms with van der Waals surface area (Å²) in [5.41, 5.74) is 2.05. The Morgan fingerprint density at radius 3 is 2.61 bits per heavy atom. The van der Waals surface area contributed by atoms with E-state index in [0.29, 0.717) is 15.7 Å². The highest BCUT2D eigenvalue weighted by molar-refractivity contribution is 9.10. The summed E-state index contributed by atoms with van der Waals surface area (Å²) in [5, 5.41) is 31.8. The van der Waals surface area contributed by atoms with Gasteiger partial charge in [0.2, 0.25) is 0 Å². The first-order valence-corrected chi connectivity index (χ1v) is 6.14. The highest BCUT2D eigenvalue weighted by atomic mass is 79.9. The summed E-state index contributed by atoms with van der Waals surface area (Å²) < 4.78 is 0.558. The first-order valence-electron chi connectivity index (χ1n) is 5.35. The molecule has 1 aromatic rings. The molecule has 1 rings (SSSR count). The molecule has 100 valence electrons. The van der Waals surface area contributed by atoms with E-state index in [0.717, 1.165) is 5.56 Å². The summed E-state index contributed by atoms with van der Waals surface area (Å²) in [6.07, 6.45) is -0.869. The number of anilines is 1. The van der Waals surface area contributed by atoms with Crippen molar-refractivity contribution in [2.75, 3.05) is 18.5 Å². The van der Waals surface area contributed by atoms with Crippen molar-refractivity contribution in [3.8, 4) is 0 Å². The second-order valence-electron chi connectivity index (χ2n) is 3.98. The third-order valence-electron chi connectivity index (χ3n) is 2.75. The average Bonchev–Trinajstić information content (AvgIpc) is 2.32. The van der Waals surface area contributed by atoms with Gasteiger partial charge in [0, 0.05) is 22.6 Å². The van der Waals surface area contributed by atoms with Crippen LogP contribution in [0.5, 0.6) is 0 Å². The van der Waals surface area contributed by atoms with Crippen LogP contribution in [-0.4, -0.2) is 34.4 Å². The van der Waals surface area contributed by atoms with Crippen LogP contribution in [-0.2, 0) is 0 Å². The molecular weight excluding hydrogens is 304 g/mol. The SMILES string of the molecule is Cc1c([N+](=O)[O-])cc(Br)c(NCC(O)CO)c1C. The molecule has 0 radical (unpaired) electrons. The fraction of sp³-hybridized carbons (Fsp3) is 0.455. The molecule has 0 aliphatic carbocycles. The zero-order chi connectivity index (χ0) is 13.9. The van der Waals surface area contributed by atoms with Crippen molar-refractivity contribution >= 4 is 27.3 Å². The Morgan fingerprint density at radius 2 is 2.11 bits per heavy atom. The Labute approximate surface area is 113 Å². The smallest absolute Gasteiger partial charge is 0.273 e. The maximum atomic E-state index is 10.8. The van der Waals surface area contributed by atoms with E-state index in [1.165, 1.54) is 6.07 Å². The summed E-state index contributed by atoms with van der Waals surface area (Å²) in [7, 11) is 0. The molecule has 0 heterocycles. The van der Waals surface area contributed by atoms with Crippen molar-refractivity contribution < 1.29 is 15.1 Å². The van der Waals surface area contributed by atoms with Crippen LogP contribution in [0.2, 0.25) is 0 Å². The number of rotatable bonds is 5. The lowest BCUT2D eigenvalue weighted by Gasteiger charge is -2.15. The molecule has 1 aromatic carbocycles. The molecule has 3 N–H and O–H groups in total. The van der Waals surface area contributed by atoms with Gasteiger partial charge in [-0.05, 0) is 35.3 Å². The van der Waals surface area contributed by atoms with Gasteiger partial charge in [0.25, 0.3) is 5.69 Å². The molecule has 0 bridgehead atoms. The molecule has 0 aliphatic heterocycles. The second kappa shape index (κ2) is 6.12. The molecule has 7 heteroatoms. The number of nitro benzene ring substituents is 1. The van der Waals surface area contributed by atoms with E-state index in [1.807, 2.05) is 0 Å². The minimum Gasteiger partial charge on any atom is -0.394 e. The van der Waals surface area contributed by atoms with E-state index >= 15 is 0 Å². The number of nitrogens with one attached hydrogen (secondary N) is 1. The third kappa shape index (κ3) is 3.18. The lowest BCUT2D eigenvalue weighted by Crippen LogP contribution is -2.23. The monoisotopic (exact) mass is 318 g/mol. The Kier molecular flexibility index (Phi) is 5.06. The molecule has 0 saturated heterocycles. The molecule has 0 saturated carbocycles. The molecule has 0 aliphatic rings. The molecule has 0 amide bonds. The predicted octanol–water partition coefficient (Wildman–Crippen LogP) is 1.74. The van der Waals surface area contributed by atoms with Crippen LogP contribution in [0.15, 0.2) is 10.5 Å². The quantitative estimate of drug-likeness (QED) is 0.567. The van der Waals surface area contributed by atoms with Crippen LogP contribution < -0.4 is 5.32 Å². The molecule has 0 aromatic heterocycles. The maximum absolute atomic E-state index is 10.8. The first kappa shape index (κ1) is 14.9. The van der Waals surface area contributed by atoms with Gasteiger partial charge < -0.3 is 15.5 Å². The van der Waals surface area contributed by atoms with E-state index in [9.17, 15) is 15.2 Å². The Bertz CT molecular complexity index is 465. The Balaban J connectivity index is 3.07. The van der Waals surface area contributed by atoms with Gasteiger partial charge >= 0.3 is 0 Å². The van der Waals surface area contributed by atoms with Crippen molar-refractivity contribution in [1.82, 2.24) is 0 Å². The van der Waals surface area contributed by atoms with E-state index in [4.69, 9.17) is 5.11 Å². The zero-order valence-electron chi connectivity index (χ0n) is 10.1. The molecular formula is C11H15BrN2O4. The summed E-state index contributed by atoms with van der Waals surface area (Å²) in [6, 6.07) is 1.43. The fourth-order valence-corrected chi connectivity index (χ4v) is 2.20. The van der Waals surface area contributed by atoms with Gasteiger partial charge in [-0.3, -0.25) is 10.1 Å². The minimum absolute atomic E-state index is 0.0487. The summed E-state index contributed by atoms with van der Waals surface area (Å²) in [4.78, 5) is 10.4. The van der Waals surface area contributed by atoms with E-state index < -0.39 is 11.0 Å². The van der Waals surface area contributed by atoms with Crippen molar-refractivity contribution in [3.05, 3.63) is 31.8 Å². The molecule has 6 nitrogen and oxygen atoms in total. The average molecular weight is 319 g/mol. The maximum Gasteiger partial charge on any atom is 0.273 e. The predicted molar refractivity (Wildman–Crippen MR) is 71.9 cm³/mol. The largest absolute Gasteiger partial charge is 0.394 e. The summed E-state index contributed by atoms with van der Waals surface area (Å²) in [5.74, 6) is 0. The van der Waals surface area contributed by atoms with Crippen LogP contribution in [0.3, 0.4) is 0 Å². The topological polar surface area (TPSA) is 95.6 Å². The number of nitro groups is 1. The van der Waals surface area contributed by atoms with Crippen molar-refractivity contribution in [2.45, 2.75) is 20.0 Å². The van der Waals surface area contributed by atoms with Gasteiger partial charge in [-0.2, -0.15) is 0 Å². The molecule has 0 fully saturated rings. The lowest BCUT2D eigenvalue weighted by atomic mass is 10.1. The number of halogens is 1. The highest BCUT2D eigenvalue weighted by Crippen LogP contribution is 2.34. The standard InChI is InChI=1S/C11H15BrN2O4/c1-6-7(2)11(13-4-8(16)5-15)9(12)3-10(6)14(17)18/h3,8,13,15-16H,4-5H2,1-2H3. The van der Waals surface area contributed by atoms with Crippen LogP contribution in [0.4, 0.5) is 11.4 Å². The number of aliphatic hydroxyl groups excluding tert-OH is 2. The van der Waals surface area contributed by atoms with Crippen molar-refractivity contribution in [3.63, 3.8) is 0 Å². The van der Waals surface area contributed by atoms with Crippen LogP contribution >= 0.6 is 15.9 Å². The number of nitrogens with zero attached hydrogens (tertiary/aromatic N) is 1. The molecule has 18 heavy (non-hydrogen) atoms. The van der Waals surface area contributed by atoms with Crippen molar-refractivity contribution in [1.29, 1.82) is 0 Å². The van der Waals surface area contributed by atoms with Crippen LogP contribution in [0, 0.1) is 24.0 Å². The van der Waals surface area contributed by atoms with E-state index in [-0.39, 0.29) is 18.8 Å². The van der Waals surface area contributed by atoms with E-state index in [1.54, 1.807) is 13.8 Å². The number of hydrogen-bond donors (Lipinski definition) is 3. The van der Waals surface area contributed by atoms with E-state index in [2.05, 4.69) is 21.2 Å². The third-order valence-corrected chi connectivity index (χ3v) is 3.37. The Morgan fingerprint density at radius 1 is 1.50 bits per heavy atom. The van der Waals surface area contributed by atoms with Gasteiger partial charge in [0.05, 0.1) is 23.3 Å². The van der Waals surface area contributed by atoms with Gasteiger partial charge in [-0.25, -0.2) is 0 Å². The fourth-order valence-electron chi connectivity index (χ4n) is 1.55.